The second-order valence-corrected chi connectivity index (χ2v) is 10.3. The molecule has 5 nitrogen and oxygen atoms in total. The molecule has 0 saturated heterocycles. The normalized spacial score (nSPS) is 39.5. The number of hydrogen-bond donors (Lipinski definition) is 0. The summed E-state index contributed by atoms with van der Waals surface area (Å²) in [4.78, 5) is 6.64. The molecule has 0 N–H and O–H groups in total. The molecule has 0 amide bonds. The van der Waals surface area contributed by atoms with Crippen LogP contribution in [0.15, 0.2) is 35.4 Å². The molecule has 4 aliphatic rings. The smallest absolute Gasteiger partial charge is 0.309 e. The average Bonchev–Trinajstić information content (AvgIpc) is 3.32. The van der Waals surface area contributed by atoms with Crippen molar-refractivity contribution < 1.29 is 13.2 Å². The van der Waals surface area contributed by atoms with Gasteiger partial charge < -0.3 is 4.57 Å². The number of hydrogen-bond acceptors (Lipinski definition) is 2. The van der Waals surface area contributed by atoms with Crippen molar-refractivity contribution in [3.05, 3.63) is 46.4 Å². The molecule has 1 aromatic rings. The van der Waals surface area contributed by atoms with Gasteiger partial charge in [0.15, 0.2) is 5.69 Å². The third-order valence-corrected chi connectivity index (χ3v) is 8.98. The van der Waals surface area contributed by atoms with Crippen LogP contribution in [0.2, 0.25) is 0 Å². The van der Waals surface area contributed by atoms with E-state index in [4.69, 9.17) is 5.53 Å². The Morgan fingerprint density at radius 2 is 1.90 bits per heavy atom. The monoisotopic (exact) mass is 431 g/mol. The number of allylic oxidation sites excluding steroid dienone is 3. The van der Waals surface area contributed by atoms with Crippen LogP contribution in [-0.2, 0) is 6.18 Å². The first-order valence-corrected chi connectivity index (χ1v) is 11.2. The minimum atomic E-state index is -4.42. The second kappa shape index (κ2) is 6.89. The highest BCUT2D eigenvalue weighted by atomic mass is 19.4. The topological polar surface area (TPSA) is 66.6 Å². The molecule has 5 rings (SSSR count). The van der Waals surface area contributed by atoms with Crippen LogP contribution in [-0.4, -0.2) is 15.6 Å². The van der Waals surface area contributed by atoms with Gasteiger partial charge >= 0.3 is 6.18 Å². The number of halogens is 3. The lowest BCUT2D eigenvalue weighted by molar-refractivity contribution is -0.140. The van der Waals surface area contributed by atoms with Crippen LogP contribution >= 0.6 is 0 Å². The fourth-order valence-corrected chi connectivity index (χ4v) is 7.36. The van der Waals surface area contributed by atoms with Crippen LogP contribution < -0.4 is 0 Å². The lowest BCUT2D eigenvalue weighted by Crippen LogP contribution is -2.49. The molecule has 4 aliphatic carbocycles. The van der Waals surface area contributed by atoms with E-state index in [2.05, 4.69) is 41.0 Å². The molecule has 8 heteroatoms. The van der Waals surface area contributed by atoms with Gasteiger partial charge in [-0.05, 0) is 73.6 Å². The van der Waals surface area contributed by atoms with Crippen molar-refractivity contribution in [3.8, 4) is 0 Å². The van der Waals surface area contributed by atoms with Crippen molar-refractivity contribution in [2.45, 2.75) is 71.0 Å². The van der Waals surface area contributed by atoms with Crippen molar-refractivity contribution in [3.63, 3.8) is 0 Å². The van der Waals surface area contributed by atoms with Gasteiger partial charge in [-0.3, -0.25) is 0 Å². The summed E-state index contributed by atoms with van der Waals surface area (Å²) in [7, 11) is 0. The highest BCUT2D eigenvalue weighted by Gasteiger charge is 2.57. The number of azide groups is 1. The summed E-state index contributed by atoms with van der Waals surface area (Å²) in [5, 5.41) is 3.98. The Morgan fingerprint density at radius 1 is 1.13 bits per heavy atom. The first-order chi connectivity index (χ1) is 14.7. The number of alkyl halides is 3. The third kappa shape index (κ3) is 3.05. The van der Waals surface area contributed by atoms with Gasteiger partial charge in [-0.25, -0.2) is 4.98 Å². The molecular formula is C23H28F3N5. The summed E-state index contributed by atoms with van der Waals surface area (Å²) in [5.41, 5.74) is 10.4. The lowest BCUT2D eigenvalue weighted by Gasteiger charge is -2.57. The van der Waals surface area contributed by atoms with Crippen molar-refractivity contribution >= 4 is 5.70 Å². The summed E-state index contributed by atoms with van der Waals surface area (Å²) in [6.45, 7) is 4.62. The zero-order valence-electron chi connectivity index (χ0n) is 17.9. The summed E-state index contributed by atoms with van der Waals surface area (Å²) in [5.74, 6) is 1.55. The first-order valence-electron chi connectivity index (χ1n) is 11.2. The van der Waals surface area contributed by atoms with E-state index in [-0.39, 0.29) is 16.9 Å². The summed E-state index contributed by atoms with van der Waals surface area (Å²) in [6, 6.07) is 0.0681. The molecule has 2 saturated carbocycles. The zero-order valence-corrected chi connectivity index (χ0v) is 17.9. The Labute approximate surface area is 180 Å². The number of rotatable bonds is 2. The molecule has 2 fully saturated rings. The molecule has 0 aliphatic heterocycles. The third-order valence-electron chi connectivity index (χ3n) is 8.98. The van der Waals surface area contributed by atoms with E-state index in [1.807, 2.05) is 0 Å². The maximum atomic E-state index is 13.1. The quantitative estimate of drug-likeness (QED) is 0.215. The first kappa shape index (κ1) is 20.7. The maximum Gasteiger partial charge on any atom is 0.434 e. The van der Waals surface area contributed by atoms with Crippen LogP contribution in [0, 0.1) is 28.6 Å². The van der Waals surface area contributed by atoms with Gasteiger partial charge in [0, 0.05) is 28.3 Å². The van der Waals surface area contributed by atoms with E-state index < -0.39 is 11.9 Å². The van der Waals surface area contributed by atoms with E-state index in [1.165, 1.54) is 11.9 Å². The summed E-state index contributed by atoms with van der Waals surface area (Å²) in [6.07, 6.45) is 9.41. The minimum absolute atomic E-state index is 0.0681. The largest absolute Gasteiger partial charge is 0.434 e. The van der Waals surface area contributed by atoms with Crippen molar-refractivity contribution in [2.75, 3.05) is 0 Å². The van der Waals surface area contributed by atoms with Crippen molar-refractivity contribution in [1.82, 2.24) is 9.55 Å². The molecule has 1 aromatic heterocycles. The molecule has 0 radical (unpaired) electrons. The maximum absolute atomic E-state index is 13.1. The highest BCUT2D eigenvalue weighted by molar-refractivity contribution is 5.57. The van der Waals surface area contributed by atoms with Crippen LogP contribution in [0.3, 0.4) is 0 Å². The van der Waals surface area contributed by atoms with Gasteiger partial charge in [-0.15, -0.1) is 0 Å². The molecule has 3 unspecified atom stereocenters. The van der Waals surface area contributed by atoms with Gasteiger partial charge in [0.2, 0.25) is 0 Å². The number of nitrogens with zero attached hydrogens (tertiary/aromatic N) is 5. The molecule has 166 valence electrons. The van der Waals surface area contributed by atoms with E-state index >= 15 is 0 Å². The molecule has 31 heavy (non-hydrogen) atoms. The predicted molar refractivity (Wildman–Crippen MR) is 112 cm³/mol. The van der Waals surface area contributed by atoms with Crippen molar-refractivity contribution in [1.29, 1.82) is 0 Å². The molecule has 0 aromatic carbocycles. The van der Waals surface area contributed by atoms with Gasteiger partial charge in [-0.1, -0.05) is 36.7 Å². The second-order valence-electron chi connectivity index (χ2n) is 10.3. The molecule has 0 bridgehead atoms. The van der Waals surface area contributed by atoms with Crippen LogP contribution in [0.1, 0.15) is 64.5 Å². The fourth-order valence-electron chi connectivity index (χ4n) is 7.36. The standard InChI is InChI=1S/C23H28F3N5/c1-21-9-7-15(29-30-27)11-14(21)3-4-16-17-5-6-20(22(17,2)10-8-18(16)21)31-12-19(28-13-31)23(24,25)26/h3,6,12-13,15-18H,4-5,7-11H2,1-2H3/t15-,16?,17?,18?,21-,22-/m0/s1. The minimum Gasteiger partial charge on any atom is -0.309 e. The Kier molecular flexibility index (Phi) is 4.60. The van der Waals surface area contributed by atoms with Gasteiger partial charge in [-0.2, -0.15) is 13.2 Å². The Balaban J connectivity index is 1.42. The Hall–Kier alpha value is -2.21. The zero-order chi connectivity index (χ0) is 22.0. The molecule has 0 spiro atoms. The van der Waals surface area contributed by atoms with E-state index in [9.17, 15) is 13.2 Å². The van der Waals surface area contributed by atoms with Gasteiger partial charge in [0.25, 0.3) is 0 Å². The highest BCUT2D eigenvalue weighted by Crippen LogP contribution is 2.65. The fraction of sp³-hybridized carbons (Fsp3) is 0.696. The SMILES string of the molecule is C[C@]12CC[C@H](N=[N+]=[N-])CC1=CCC1C2CC[C@]2(C)C(n3cnc(C(F)(F)F)c3)=CCC12. The van der Waals surface area contributed by atoms with Crippen LogP contribution in [0.4, 0.5) is 13.2 Å². The molecule has 1 heterocycles. The summed E-state index contributed by atoms with van der Waals surface area (Å²) < 4.78 is 40.9. The van der Waals surface area contributed by atoms with Crippen LogP contribution in [0.25, 0.3) is 16.1 Å². The van der Waals surface area contributed by atoms with Crippen molar-refractivity contribution in [2.24, 2.45) is 33.7 Å². The number of aromatic nitrogens is 2. The Morgan fingerprint density at radius 3 is 2.61 bits per heavy atom. The molecule has 6 atom stereocenters. The Bertz CT molecular complexity index is 1000. The van der Waals surface area contributed by atoms with Gasteiger partial charge in [0.1, 0.15) is 0 Å². The predicted octanol–water partition coefficient (Wildman–Crippen LogP) is 6.99. The van der Waals surface area contributed by atoms with Gasteiger partial charge in [0.05, 0.1) is 6.33 Å². The lowest BCUT2D eigenvalue weighted by atomic mass is 9.47. The van der Waals surface area contributed by atoms with Crippen LogP contribution in [0.5, 0.6) is 0 Å². The number of fused-ring (bicyclic) bond motifs is 5. The summed E-state index contributed by atoms with van der Waals surface area (Å²) >= 11 is 0. The van der Waals surface area contributed by atoms with E-state index in [0.29, 0.717) is 17.8 Å². The van der Waals surface area contributed by atoms with E-state index in [0.717, 1.165) is 56.8 Å². The average molecular weight is 432 g/mol. The van der Waals surface area contributed by atoms with E-state index in [1.54, 1.807) is 4.57 Å². The molecular weight excluding hydrogens is 403 g/mol. The number of imidazole rings is 1.